The smallest absolute Gasteiger partial charge is 0.173 e. The maximum Gasteiger partial charge on any atom is 0.173 e. The number of halogens is 2. The van der Waals surface area contributed by atoms with Crippen LogP contribution in [-0.2, 0) is 13.0 Å². The minimum Gasteiger partial charge on any atom is -0.294 e. The summed E-state index contributed by atoms with van der Waals surface area (Å²) in [6, 6.07) is 4.65. The molecule has 6 heteroatoms. The molecular formula is C12H11BrFN3O. The first kappa shape index (κ1) is 12.9. The highest BCUT2D eigenvalue weighted by molar-refractivity contribution is 9.10. The molecule has 2 aromatic rings. The maximum absolute atomic E-state index is 13.8. The van der Waals surface area contributed by atoms with Gasteiger partial charge in [0.1, 0.15) is 18.0 Å². The summed E-state index contributed by atoms with van der Waals surface area (Å²) in [6.07, 6.45) is 1.44. The molecule has 1 aromatic carbocycles. The summed E-state index contributed by atoms with van der Waals surface area (Å²) in [5.41, 5.74) is 0.0648. The van der Waals surface area contributed by atoms with Gasteiger partial charge in [-0.2, -0.15) is 5.10 Å². The van der Waals surface area contributed by atoms with Crippen LogP contribution in [-0.4, -0.2) is 20.5 Å². The summed E-state index contributed by atoms with van der Waals surface area (Å²) >= 11 is 3.06. The molecule has 0 amide bonds. The lowest BCUT2D eigenvalue weighted by Crippen LogP contribution is -2.12. The zero-order chi connectivity index (χ0) is 13.1. The highest BCUT2D eigenvalue weighted by Crippen LogP contribution is 2.19. The van der Waals surface area contributed by atoms with Gasteiger partial charge in [-0.05, 0) is 35.0 Å². The lowest BCUT2D eigenvalue weighted by molar-refractivity contribution is 0.0985. The van der Waals surface area contributed by atoms with E-state index in [0.29, 0.717) is 12.4 Å². The third-order valence-corrected chi connectivity index (χ3v) is 3.18. The van der Waals surface area contributed by atoms with Gasteiger partial charge in [0, 0.05) is 6.54 Å². The fourth-order valence-electron chi connectivity index (χ4n) is 1.65. The summed E-state index contributed by atoms with van der Waals surface area (Å²) < 4.78 is 15.7. The van der Waals surface area contributed by atoms with Gasteiger partial charge in [-0.3, -0.25) is 4.79 Å². The van der Waals surface area contributed by atoms with Crippen molar-refractivity contribution < 1.29 is 9.18 Å². The first-order valence-electron chi connectivity index (χ1n) is 5.47. The SMILES string of the molecule is CCn1ncnc1CC(=O)c1cccc(Br)c1F. The summed E-state index contributed by atoms with van der Waals surface area (Å²) in [4.78, 5) is 16.0. The average Bonchev–Trinajstić information content (AvgIpc) is 2.79. The highest BCUT2D eigenvalue weighted by atomic mass is 79.9. The largest absolute Gasteiger partial charge is 0.294 e. The summed E-state index contributed by atoms with van der Waals surface area (Å²) in [7, 11) is 0. The summed E-state index contributed by atoms with van der Waals surface area (Å²) in [5.74, 6) is -0.302. The minimum atomic E-state index is -0.537. The van der Waals surface area contributed by atoms with Crippen LogP contribution in [0.2, 0.25) is 0 Å². The van der Waals surface area contributed by atoms with Gasteiger partial charge in [-0.1, -0.05) is 6.07 Å². The number of rotatable bonds is 4. The number of aromatic nitrogens is 3. The third-order valence-electron chi connectivity index (χ3n) is 2.57. The number of carbonyl (C=O) groups excluding carboxylic acids is 1. The number of hydrogen-bond acceptors (Lipinski definition) is 3. The molecule has 0 aliphatic carbocycles. The van der Waals surface area contributed by atoms with Crippen LogP contribution in [0.4, 0.5) is 4.39 Å². The Labute approximate surface area is 112 Å². The van der Waals surface area contributed by atoms with Crippen LogP contribution in [0.1, 0.15) is 23.1 Å². The Morgan fingerprint density at radius 2 is 2.28 bits per heavy atom. The molecule has 0 atom stereocenters. The Morgan fingerprint density at radius 3 is 3.00 bits per heavy atom. The standard InChI is InChI=1S/C12H11BrFN3O/c1-2-17-11(15-7-16-17)6-10(18)8-4-3-5-9(13)12(8)14/h3-5,7H,2,6H2,1H3. The second-order valence-electron chi connectivity index (χ2n) is 3.69. The number of aryl methyl sites for hydroxylation is 1. The molecule has 0 aliphatic heterocycles. The van der Waals surface area contributed by atoms with E-state index >= 15 is 0 Å². The Kier molecular flexibility index (Phi) is 3.86. The van der Waals surface area contributed by atoms with Crippen LogP contribution < -0.4 is 0 Å². The van der Waals surface area contributed by atoms with Crippen molar-refractivity contribution in [2.24, 2.45) is 0 Å². The van der Waals surface area contributed by atoms with Crippen LogP contribution in [0.5, 0.6) is 0 Å². The van der Waals surface area contributed by atoms with Crippen LogP contribution in [0.25, 0.3) is 0 Å². The van der Waals surface area contributed by atoms with E-state index in [9.17, 15) is 9.18 Å². The normalized spacial score (nSPS) is 10.6. The van der Waals surface area contributed by atoms with Crippen molar-refractivity contribution in [1.29, 1.82) is 0 Å². The lowest BCUT2D eigenvalue weighted by Gasteiger charge is -2.04. The molecule has 2 rings (SSSR count). The van der Waals surface area contributed by atoms with Gasteiger partial charge in [0.25, 0.3) is 0 Å². The zero-order valence-electron chi connectivity index (χ0n) is 9.73. The molecule has 4 nitrogen and oxygen atoms in total. The van der Waals surface area contributed by atoms with Gasteiger partial charge in [-0.15, -0.1) is 0 Å². The fourth-order valence-corrected chi connectivity index (χ4v) is 2.01. The lowest BCUT2D eigenvalue weighted by atomic mass is 10.1. The number of ketones is 1. The Hall–Kier alpha value is -1.56. The Bertz CT molecular complexity index is 582. The molecule has 1 heterocycles. The number of nitrogens with zero attached hydrogens (tertiary/aromatic N) is 3. The molecular weight excluding hydrogens is 301 g/mol. The summed E-state index contributed by atoms with van der Waals surface area (Å²) in [5, 5.41) is 3.97. The quantitative estimate of drug-likeness (QED) is 0.816. The van der Waals surface area contributed by atoms with Gasteiger partial charge < -0.3 is 0 Å². The number of benzene rings is 1. The monoisotopic (exact) mass is 311 g/mol. The molecule has 0 radical (unpaired) electrons. The van der Waals surface area contributed by atoms with E-state index in [-0.39, 0.29) is 22.2 Å². The van der Waals surface area contributed by atoms with E-state index in [1.54, 1.807) is 16.8 Å². The Balaban J connectivity index is 2.25. The fraction of sp³-hybridized carbons (Fsp3) is 0.250. The molecule has 0 N–H and O–H groups in total. The van der Waals surface area contributed by atoms with E-state index in [2.05, 4.69) is 26.0 Å². The molecule has 0 bridgehead atoms. The molecule has 0 saturated heterocycles. The topological polar surface area (TPSA) is 47.8 Å². The Morgan fingerprint density at radius 1 is 1.50 bits per heavy atom. The highest BCUT2D eigenvalue weighted by Gasteiger charge is 2.16. The predicted molar refractivity (Wildman–Crippen MR) is 67.8 cm³/mol. The first-order valence-corrected chi connectivity index (χ1v) is 6.26. The third kappa shape index (κ3) is 2.48. The average molecular weight is 312 g/mol. The minimum absolute atomic E-state index is 0.0429. The van der Waals surface area contributed by atoms with E-state index in [1.165, 1.54) is 12.4 Å². The van der Waals surface area contributed by atoms with Gasteiger partial charge >= 0.3 is 0 Å². The number of hydrogen-bond donors (Lipinski definition) is 0. The van der Waals surface area contributed by atoms with Crippen LogP contribution in [0.3, 0.4) is 0 Å². The molecule has 1 aromatic heterocycles. The molecule has 0 spiro atoms. The van der Waals surface area contributed by atoms with Gasteiger partial charge in [0.2, 0.25) is 0 Å². The number of Topliss-reactive ketones (excluding diaryl/α,β-unsaturated/α-hetero) is 1. The molecule has 0 aliphatic rings. The van der Waals surface area contributed by atoms with Crippen molar-refractivity contribution in [2.75, 3.05) is 0 Å². The van der Waals surface area contributed by atoms with Crippen molar-refractivity contribution in [1.82, 2.24) is 14.8 Å². The van der Waals surface area contributed by atoms with Crippen LogP contribution >= 0.6 is 15.9 Å². The van der Waals surface area contributed by atoms with E-state index in [4.69, 9.17) is 0 Å². The molecule has 0 saturated carbocycles. The predicted octanol–water partition coefficient (Wildman–Crippen LogP) is 2.63. The molecule has 18 heavy (non-hydrogen) atoms. The second kappa shape index (κ2) is 5.39. The second-order valence-corrected chi connectivity index (χ2v) is 4.55. The first-order chi connectivity index (χ1) is 8.63. The van der Waals surface area contributed by atoms with Gasteiger partial charge in [0.05, 0.1) is 16.5 Å². The van der Waals surface area contributed by atoms with Crippen LogP contribution in [0, 0.1) is 5.82 Å². The van der Waals surface area contributed by atoms with Crippen LogP contribution in [0.15, 0.2) is 29.0 Å². The van der Waals surface area contributed by atoms with E-state index < -0.39 is 5.82 Å². The molecule has 0 fully saturated rings. The van der Waals surface area contributed by atoms with Crippen molar-refractivity contribution in [3.05, 3.63) is 46.2 Å². The zero-order valence-corrected chi connectivity index (χ0v) is 11.3. The van der Waals surface area contributed by atoms with Gasteiger partial charge in [0.15, 0.2) is 5.78 Å². The van der Waals surface area contributed by atoms with Crippen molar-refractivity contribution >= 4 is 21.7 Å². The van der Waals surface area contributed by atoms with Crippen molar-refractivity contribution in [3.8, 4) is 0 Å². The van der Waals surface area contributed by atoms with E-state index in [0.717, 1.165) is 0 Å². The summed E-state index contributed by atoms with van der Waals surface area (Å²) in [6.45, 7) is 2.53. The molecule has 0 unspecified atom stereocenters. The van der Waals surface area contributed by atoms with Crippen molar-refractivity contribution in [3.63, 3.8) is 0 Å². The van der Waals surface area contributed by atoms with E-state index in [1.807, 2.05) is 6.92 Å². The maximum atomic E-state index is 13.8. The molecule has 94 valence electrons. The number of carbonyl (C=O) groups is 1. The van der Waals surface area contributed by atoms with Gasteiger partial charge in [-0.25, -0.2) is 14.1 Å². The van der Waals surface area contributed by atoms with Crippen molar-refractivity contribution in [2.45, 2.75) is 19.9 Å².